The third kappa shape index (κ3) is 3.81. The Labute approximate surface area is 95.1 Å². The molecule has 4 nitrogen and oxygen atoms in total. The van der Waals surface area contributed by atoms with Crippen molar-refractivity contribution in [1.82, 2.24) is 10.3 Å². The van der Waals surface area contributed by atoms with Crippen molar-refractivity contribution in [3.63, 3.8) is 0 Å². The van der Waals surface area contributed by atoms with Gasteiger partial charge < -0.3 is 5.32 Å². The van der Waals surface area contributed by atoms with Crippen molar-refractivity contribution >= 4 is 11.7 Å². The highest BCUT2D eigenvalue weighted by Gasteiger charge is 2.11. The van der Waals surface area contributed by atoms with Gasteiger partial charge in [-0.1, -0.05) is 0 Å². The van der Waals surface area contributed by atoms with Gasteiger partial charge >= 0.3 is 0 Å². The van der Waals surface area contributed by atoms with Crippen LogP contribution in [-0.2, 0) is 4.79 Å². The summed E-state index contributed by atoms with van der Waals surface area (Å²) in [6.07, 6.45) is 3.56. The minimum absolute atomic E-state index is 0.0650. The quantitative estimate of drug-likeness (QED) is 0.836. The molecule has 1 rings (SSSR count). The number of hydrogen-bond donors (Lipinski definition) is 1. The summed E-state index contributed by atoms with van der Waals surface area (Å²) in [6.45, 7) is 5.20. The van der Waals surface area contributed by atoms with Gasteiger partial charge in [0.25, 0.3) is 5.91 Å². The number of hydrogen-bond acceptors (Lipinski definition) is 3. The average molecular weight is 220 g/mol. The van der Waals surface area contributed by atoms with Gasteiger partial charge in [0.1, 0.15) is 5.78 Å². The molecule has 4 heteroatoms. The molecule has 0 radical (unpaired) electrons. The summed E-state index contributed by atoms with van der Waals surface area (Å²) >= 11 is 0. The van der Waals surface area contributed by atoms with Gasteiger partial charge in [-0.3, -0.25) is 14.6 Å². The number of nitrogens with one attached hydrogen (secondary N) is 1. The third-order valence-corrected chi connectivity index (χ3v) is 2.11. The lowest BCUT2D eigenvalue weighted by atomic mass is 10.1. The van der Waals surface area contributed by atoms with E-state index in [9.17, 15) is 9.59 Å². The Bertz CT molecular complexity index is 402. The van der Waals surface area contributed by atoms with Gasteiger partial charge in [0, 0.05) is 24.9 Å². The summed E-state index contributed by atoms with van der Waals surface area (Å²) in [7, 11) is 0. The van der Waals surface area contributed by atoms with Crippen molar-refractivity contribution in [2.75, 3.05) is 0 Å². The minimum Gasteiger partial charge on any atom is -0.349 e. The zero-order valence-electron chi connectivity index (χ0n) is 9.78. The van der Waals surface area contributed by atoms with Crippen molar-refractivity contribution in [3.05, 3.63) is 29.6 Å². The van der Waals surface area contributed by atoms with Crippen LogP contribution in [0.5, 0.6) is 0 Å². The minimum atomic E-state index is -0.190. The fourth-order valence-corrected chi connectivity index (χ4v) is 1.47. The third-order valence-electron chi connectivity index (χ3n) is 2.11. The van der Waals surface area contributed by atoms with E-state index in [1.165, 1.54) is 13.1 Å². The van der Waals surface area contributed by atoms with Crippen molar-refractivity contribution in [2.24, 2.45) is 0 Å². The number of carbonyl (C=O) groups excluding carboxylic acids is 2. The van der Waals surface area contributed by atoms with Crippen LogP contribution in [-0.4, -0.2) is 22.7 Å². The molecule has 0 saturated carbocycles. The standard InChI is InChI=1S/C12H16N2O2/c1-8-4-11(7-13-6-8)12(16)14-9(2)5-10(3)15/h4,6-7,9H,5H2,1-3H3,(H,14,16)/t9-/m0/s1. The second-order valence-electron chi connectivity index (χ2n) is 4.03. The molecular formula is C12H16N2O2. The fraction of sp³-hybridized carbons (Fsp3) is 0.417. The molecule has 0 aromatic carbocycles. The normalized spacial score (nSPS) is 11.9. The Hall–Kier alpha value is -1.71. The first kappa shape index (κ1) is 12.4. The molecule has 0 fully saturated rings. The maximum atomic E-state index is 11.7. The van der Waals surface area contributed by atoms with Gasteiger partial charge in [-0.05, 0) is 32.4 Å². The number of ketones is 1. The summed E-state index contributed by atoms with van der Waals surface area (Å²) in [6, 6.07) is 1.62. The molecule has 1 atom stereocenters. The van der Waals surface area contributed by atoms with E-state index in [0.29, 0.717) is 12.0 Å². The topological polar surface area (TPSA) is 59.1 Å². The Kier molecular flexibility index (Phi) is 4.17. The number of aryl methyl sites for hydroxylation is 1. The van der Waals surface area contributed by atoms with E-state index in [1.54, 1.807) is 12.3 Å². The van der Waals surface area contributed by atoms with Gasteiger partial charge in [-0.25, -0.2) is 0 Å². The lowest BCUT2D eigenvalue weighted by Gasteiger charge is -2.12. The molecule has 0 aliphatic rings. The highest BCUT2D eigenvalue weighted by molar-refractivity contribution is 5.94. The average Bonchev–Trinajstić information content (AvgIpc) is 2.16. The van der Waals surface area contributed by atoms with Gasteiger partial charge in [-0.15, -0.1) is 0 Å². The predicted octanol–water partition coefficient (Wildman–Crippen LogP) is 1.49. The van der Waals surface area contributed by atoms with Crippen molar-refractivity contribution in [3.8, 4) is 0 Å². The molecular weight excluding hydrogens is 204 g/mol. The van der Waals surface area contributed by atoms with E-state index >= 15 is 0 Å². The number of carbonyl (C=O) groups is 2. The van der Waals surface area contributed by atoms with Crippen LogP contribution in [0.4, 0.5) is 0 Å². The van der Waals surface area contributed by atoms with Crippen LogP contribution in [0.25, 0.3) is 0 Å². The zero-order valence-corrected chi connectivity index (χ0v) is 9.78. The molecule has 0 aliphatic carbocycles. The maximum Gasteiger partial charge on any atom is 0.253 e. The summed E-state index contributed by atoms with van der Waals surface area (Å²) in [5.74, 6) is -0.125. The molecule has 1 amide bonds. The second kappa shape index (κ2) is 5.39. The van der Waals surface area contributed by atoms with Gasteiger partial charge in [-0.2, -0.15) is 0 Å². The molecule has 1 heterocycles. The molecule has 16 heavy (non-hydrogen) atoms. The monoisotopic (exact) mass is 220 g/mol. The lowest BCUT2D eigenvalue weighted by Crippen LogP contribution is -2.33. The second-order valence-corrected chi connectivity index (χ2v) is 4.03. The smallest absolute Gasteiger partial charge is 0.253 e. The maximum absolute atomic E-state index is 11.7. The van der Waals surface area contributed by atoms with Gasteiger partial charge in [0.15, 0.2) is 0 Å². The summed E-state index contributed by atoms with van der Waals surface area (Å²) in [5.41, 5.74) is 1.46. The molecule has 1 N–H and O–H groups in total. The van der Waals surface area contributed by atoms with E-state index in [0.717, 1.165) is 5.56 Å². The van der Waals surface area contributed by atoms with Crippen LogP contribution >= 0.6 is 0 Å². The molecule has 0 spiro atoms. The van der Waals surface area contributed by atoms with Gasteiger partial charge in [0.2, 0.25) is 0 Å². The highest BCUT2D eigenvalue weighted by atomic mass is 16.2. The van der Waals surface area contributed by atoms with E-state index in [-0.39, 0.29) is 17.7 Å². The number of aromatic nitrogens is 1. The number of amides is 1. The van der Waals surface area contributed by atoms with E-state index in [2.05, 4.69) is 10.3 Å². The molecule has 0 aliphatic heterocycles. The molecule has 1 aromatic rings. The summed E-state index contributed by atoms with van der Waals surface area (Å²) in [5, 5.41) is 2.75. The van der Waals surface area contributed by atoms with E-state index < -0.39 is 0 Å². The SMILES string of the molecule is CC(=O)C[C@H](C)NC(=O)c1cncc(C)c1. The summed E-state index contributed by atoms with van der Waals surface area (Å²) < 4.78 is 0. The molecule has 1 aromatic heterocycles. The van der Waals surface area contributed by atoms with Gasteiger partial charge in [0.05, 0.1) is 5.56 Å². The first-order valence-corrected chi connectivity index (χ1v) is 5.21. The first-order chi connectivity index (χ1) is 7.49. The van der Waals surface area contributed by atoms with Crippen molar-refractivity contribution in [2.45, 2.75) is 33.2 Å². The lowest BCUT2D eigenvalue weighted by molar-refractivity contribution is -0.117. The number of rotatable bonds is 4. The molecule has 0 unspecified atom stereocenters. The molecule has 86 valence electrons. The highest BCUT2D eigenvalue weighted by Crippen LogP contribution is 2.02. The Morgan fingerprint density at radius 3 is 2.69 bits per heavy atom. The number of nitrogens with zero attached hydrogens (tertiary/aromatic N) is 1. The van der Waals surface area contributed by atoms with Crippen molar-refractivity contribution in [1.29, 1.82) is 0 Å². The van der Waals surface area contributed by atoms with Crippen LogP contribution in [0.2, 0.25) is 0 Å². The van der Waals surface area contributed by atoms with E-state index in [1.807, 2.05) is 13.8 Å². The van der Waals surface area contributed by atoms with E-state index in [4.69, 9.17) is 0 Å². The predicted molar refractivity (Wildman–Crippen MR) is 61.2 cm³/mol. The Balaban J connectivity index is 2.62. The van der Waals surface area contributed by atoms with Crippen LogP contribution < -0.4 is 5.32 Å². The fourth-order valence-electron chi connectivity index (χ4n) is 1.47. The van der Waals surface area contributed by atoms with Crippen LogP contribution in [0, 0.1) is 6.92 Å². The molecule has 0 bridgehead atoms. The van der Waals surface area contributed by atoms with Crippen LogP contribution in [0.15, 0.2) is 18.5 Å². The van der Waals surface area contributed by atoms with Crippen LogP contribution in [0.1, 0.15) is 36.2 Å². The largest absolute Gasteiger partial charge is 0.349 e. The van der Waals surface area contributed by atoms with Crippen molar-refractivity contribution < 1.29 is 9.59 Å². The Morgan fingerprint density at radius 1 is 1.44 bits per heavy atom. The number of Topliss-reactive ketones (excluding diaryl/α,β-unsaturated/α-hetero) is 1. The zero-order chi connectivity index (χ0) is 12.1. The first-order valence-electron chi connectivity index (χ1n) is 5.21. The van der Waals surface area contributed by atoms with Crippen LogP contribution in [0.3, 0.4) is 0 Å². The molecule has 0 saturated heterocycles. The summed E-state index contributed by atoms with van der Waals surface area (Å²) in [4.78, 5) is 26.5. The number of pyridine rings is 1. The Morgan fingerprint density at radius 2 is 2.12 bits per heavy atom.